The van der Waals surface area contributed by atoms with E-state index in [0.29, 0.717) is 43.4 Å². The van der Waals surface area contributed by atoms with Crippen molar-refractivity contribution < 1.29 is 63.6 Å². The van der Waals surface area contributed by atoms with E-state index in [-0.39, 0.29) is 49.0 Å². The number of carboxylic acid groups (broad SMARTS) is 1. The van der Waals surface area contributed by atoms with Crippen molar-refractivity contribution in [2.75, 3.05) is 25.5 Å². The number of amides is 8. The predicted molar refractivity (Wildman–Crippen MR) is 282 cm³/mol. The first kappa shape index (κ1) is 64.8. The summed E-state index contributed by atoms with van der Waals surface area (Å²) in [4.78, 5) is 121. The van der Waals surface area contributed by atoms with Crippen molar-refractivity contribution in [3.8, 4) is 5.75 Å². The number of phenols is 1. The van der Waals surface area contributed by atoms with E-state index in [2.05, 4.69) is 55.2 Å². The molecule has 0 saturated carbocycles. The van der Waals surface area contributed by atoms with E-state index >= 15 is 0 Å². The lowest BCUT2D eigenvalue weighted by Crippen LogP contribution is -2.62. The molecule has 0 saturated heterocycles. The molecule has 418 valence electrons. The van der Waals surface area contributed by atoms with E-state index < -0.39 is 127 Å². The summed E-state index contributed by atoms with van der Waals surface area (Å²) in [5.41, 5.74) is 12.9. The quantitative estimate of drug-likeness (QED) is 0.0285. The normalized spacial score (nSPS) is 15.3. The van der Waals surface area contributed by atoms with E-state index in [1.807, 2.05) is 13.8 Å². The monoisotopic (exact) mass is 1070 g/mol. The fourth-order valence-electron chi connectivity index (χ4n) is 7.64. The molecule has 0 spiro atoms. The maximum atomic E-state index is 14.0. The van der Waals surface area contributed by atoms with Crippen molar-refractivity contribution in [1.82, 2.24) is 42.5 Å². The number of nitrogens with one attached hydrogen (secondary N) is 8. The summed E-state index contributed by atoms with van der Waals surface area (Å²) in [5.74, 6) is -9.36. The minimum Gasteiger partial charge on any atom is -0.508 e. The van der Waals surface area contributed by atoms with Crippen LogP contribution in [0.4, 0.5) is 0 Å². The van der Waals surface area contributed by atoms with E-state index in [0.717, 1.165) is 0 Å². The molecule has 24 heteroatoms. The van der Waals surface area contributed by atoms with Gasteiger partial charge in [-0.2, -0.15) is 12.6 Å². The molecule has 2 aromatic carbocycles. The molecule has 10 atom stereocenters. The molecule has 16 N–H and O–H groups in total. The van der Waals surface area contributed by atoms with Crippen LogP contribution in [0.25, 0.3) is 0 Å². The predicted octanol–water partition coefficient (Wildman–Crippen LogP) is -1.35. The van der Waals surface area contributed by atoms with Crippen LogP contribution in [0.5, 0.6) is 5.75 Å². The van der Waals surface area contributed by atoms with Gasteiger partial charge >= 0.3 is 5.97 Å². The zero-order valence-corrected chi connectivity index (χ0v) is 44.6. The molecule has 0 aliphatic carbocycles. The van der Waals surface area contributed by atoms with Gasteiger partial charge in [0, 0.05) is 18.6 Å². The Hall–Kier alpha value is -6.34. The molecule has 2 rings (SSSR count). The SMILES string of the molecule is CC[C@H](C)[C@H](NC(=O)[C@H](Cc1ccccc1)NC(=O)[C@@H](N)CC(C)C)C(=O)N[C@@H](CO)C(=O)N[C@@H](CO)C(=O)N[C@@H](CS)C(=O)N[C@@H](CC(C)C)C(=O)N[C@@H](Cc1ccc(O)cc1)C(=O)N[C@@H](CCCCN)C(=O)O. The van der Waals surface area contributed by atoms with Crippen LogP contribution >= 0.6 is 12.6 Å². The van der Waals surface area contributed by atoms with Crippen molar-refractivity contribution >= 4 is 65.9 Å². The number of benzene rings is 2. The number of carboxylic acids is 1. The van der Waals surface area contributed by atoms with Gasteiger partial charge < -0.3 is 74.4 Å². The average Bonchev–Trinajstić information content (AvgIpc) is 3.36. The minimum absolute atomic E-state index is 0.0261. The van der Waals surface area contributed by atoms with Crippen LogP contribution in [-0.4, -0.2) is 154 Å². The van der Waals surface area contributed by atoms with Crippen LogP contribution in [0.15, 0.2) is 54.6 Å². The second kappa shape index (κ2) is 33.6. The van der Waals surface area contributed by atoms with E-state index in [1.54, 1.807) is 58.0 Å². The molecule has 0 aliphatic heterocycles. The lowest BCUT2D eigenvalue weighted by Gasteiger charge is -2.29. The fourth-order valence-corrected chi connectivity index (χ4v) is 7.90. The Kier molecular flexibility index (Phi) is 29.0. The summed E-state index contributed by atoms with van der Waals surface area (Å²) in [6, 6.07) is 2.31. The Morgan fingerprint density at radius 1 is 0.533 bits per heavy atom. The third kappa shape index (κ3) is 23.0. The van der Waals surface area contributed by atoms with Gasteiger partial charge in [-0.05, 0) is 79.7 Å². The van der Waals surface area contributed by atoms with E-state index in [1.165, 1.54) is 24.3 Å². The maximum Gasteiger partial charge on any atom is 0.326 e. The number of phenolic OH excluding ortho intramolecular Hbond substituents is 1. The van der Waals surface area contributed by atoms with Crippen molar-refractivity contribution in [3.05, 3.63) is 65.7 Å². The third-order valence-corrected chi connectivity index (χ3v) is 12.5. The molecule has 23 nitrogen and oxygen atoms in total. The molecular weight excluding hydrogens is 993 g/mol. The molecule has 0 fully saturated rings. The number of rotatable bonds is 34. The van der Waals surface area contributed by atoms with Crippen molar-refractivity contribution in [1.29, 1.82) is 0 Å². The third-order valence-electron chi connectivity index (χ3n) is 12.1. The fraction of sp³-hybridized carbons (Fsp3) is 0.588. The molecule has 0 aliphatic rings. The number of aliphatic hydroxyl groups is 2. The van der Waals surface area contributed by atoms with Gasteiger partial charge in [-0.15, -0.1) is 0 Å². The van der Waals surface area contributed by atoms with Gasteiger partial charge in [-0.25, -0.2) is 4.79 Å². The smallest absolute Gasteiger partial charge is 0.326 e. The van der Waals surface area contributed by atoms with Crippen LogP contribution < -0.4 is 54.0 Å². The summed E-state index contributed by atoms with van der Waals surface area (Å²) >= 11 is 4.20. The average molecular weight is 1070 g/mol. The number of hydrogen-bond donors (Lipinski definition) is 15. The first-order chi connectivity index (χ1) is 35.5. The van der Waals surface area contributed by atoms with Gasteiger partial charge in [-0.3, -0.25) is 38.4 Å². The second-order valence-corrected chi connectivity index (χ2v) is 19.8. The number of nitrogens with two attached hydrogens (primary N) is 2. The van der Waals surface area contributed by atoms with Crippen LogP contribution in [-0.2, 0) is 56.0 Å². The Morgan fingerprint density at radius 2 is 0.960 bits per heavy atom. The molecule has 0 bridgehead atoms. The molecule has 0 heterocycles. The first-order valence-corrected chi connectivity index (χ1v) is 25.9. The summed E-state index contributed by atoms with van der Waals surface area (Å²) < 4.78 is 0. The van der Waals surface area contributed by atoms with Crippen molar-refractivity contribution in [2.24, 2.45) is 29.2 Å². The number of thiol groups is 1. The molecule has 2 aromatic rings. The summed E-state index contributed by atoms with van der Waals surface area (Å²) in [6.07, 6.45) is 1.63. The second-order valence-electron chi connectivity index (χ2n) is 19.4. The highest BCUT2D eigenvalue weighted by Crippen LogP contribution is 2.15. The topological polar surface area (TPSA) is 383 Å². The molecule has 0 radical (unpaired) electrons. The highest BCUT2D eigenvalue weighted by Gasteiger charge is 2.36. The molecule has 0 aromatic heterocycles. The van der Waals surface area contributed by atoms with Crippen LogP contribution in [0.1, 0.15) is 91.2 Å². The van der Waals surface area contributed by atoms with Crippen LogP contribution in [0, 0.1) is 17.8 Å². The van der Waals surface area contributed by atoms with Gasteiger partial charge in [-0.1, -0.05) is 90.4 Å². The Morgan fingerprint density at radius 3 is 1.45 bits per heavy atom. The number of hydrogen-bond acceptors (Lipinski definition) is 15. The Balaban J connectivity index is 2.25. The first-order valence-electron chi connectivity index (χ1n) is 25.2. The van der Waals surface area contributed by atoms with E-state index in [9.17, 15) is 63.6 Å². The van der Waals surface area contributed by atoms with Gasteiger partial charge in [0.15, 0.2) is 0 Å². The highest BCUT2D eigenvalue weighted by atomic mass is 32.1. The number of aliphatic carboxylic acids is 1. The lowest BCUT2D eigenvalue weighted by molar-refractivity contribution is -0.142. The zero-order chi connectivity index (χ0) is 56.4. The maximum absolute atomic E-state index is 14.0. The highest BCUT2D eigenvalue weighted by molar-refractivity contribution is 7.80. The van der Waals surface area contributed by atoms with Crippen LogP contribution in [0.3, 0.4) is 0 Å². The van der Waals surface area contributed by atoms with E-state index in [4.69, 9.17) is 11.5 Å². The largest absolute Gasteiger partial charge is 0.508 e. The number of aromatic hydroxyl groups is 1. The number of aliphatic hydroxyl groups excluding tert-OH is 2. The molecular formula is C51H80N10O13S. The summed E-state index contributed by atoms with van der Waals surface area (Å²) in [7, 11) is 0. The van der Waals surface area contributed by atoms with Gasteiger partial charge in [0.25, 0.3) is 0 Å². The summed E-state index contributed by atoms with van der Waals surface area (Å²) in [6.45, 7) is 9.04. The van der Waals surface area contributed by atoms with Gasteiger partial charge in [0.2, 0.25) is 47.3 Å². The molecule has 0 unspecified atom stereocenters. The van der Waals surface area contributed by atoms with Crippen molar-refractivity contribution in [2.45, 2.75) is 147 Å². The molecule has 8 amide bonds. The van der Waals surface area contributed by atoms with Crippen molar-refractivity contribution in [3.63, 3.8) is 0 Å². The Labute approximate surface area is 444 Å². The van der Waals surface area contributed by atoms with Crippen LogP contribution in [0.2, 0.25) is 0 Å². The number of carbonyl (C=O) groups is 9. The Bertz CT molecular complexity index is 2170. The number of unbranched alkanes of at least 4 members (excludes halogenated alkanes) is 1. The minimum atomic E-state index is -1.76. The summed E-state index contributed by atoms with van der Waals surface area (Å²) in [5, 5.41) is 60.2. The zero-order valence-electron chi connectivity index (χ0n) is 43.7. The lowest BCUT2D eigenvalue weighted by atomic mass is 9.96. The van der Waals surface area contributed by atoms with Gasteiger partial charge in [0.1, 0.15) is 54.1 Å². The standard InChI is InChI=1S/C51H80N10O13S/c1-7-30(6)42(61-46(68)38(23-31-13-9-8-10-14-31)55-43(65)34(53)21-28(2)3)50(72)59-40(26-63)47(69)58-39(25-62)48(70)60-41(27-75)49(71)56-36(22-29(4)5)44(66)57-37(24-32-16-18-33(64)19-17-32)45(67)54-35(51(73)74)15-11-12-20-52/h8-10,13-14,16-19,28-30,34-42,62-64,75H,7,11-12,15,20-27,52-53H2,1-6H3,(H,54,67)(H,55,65)(H,56,71)(H,57,66)(H,58,69)(H,59,72)(H,60,70)(H,61,68)(H,73,74)/t30-,34-,35-,36-,37-,38-,39-,40-,41-,42-/m0/s1. The molecule has 75 heavy (non-hydrogen) atoms. The van der Waals surface area contributed by atoms with Gasteiger partial charge in [0.05, 0.1) is 19.3 Å². The number of carbonyl (C=O) groups excluding carboxylic acids is 8.